The molecule has 3 rings (SSSR count). The molecular formula is C15H13IN2. The van der Waals surface area contributed by atoms with E-state index in [0.717, 1.165) is 12.8 Å². The summed E-state index contributed by atoms with van der Waals surface area (Å²) in [5, 5.41) is 1.34. The highest BCUT2D eigenvalue weighted by atomic mass is 127. The molecule has 0 atom stereocenters. The highest BCUT2D eigenvalue weighted by molar-refractivity contribution is 14.1. The maximum atomic E-state index is 4.04. The summed E-state index contributed by atoms with van der Waals surface area (Å²) in [5.74, 6) is 0. The van der Waals surface area contributed by atoms with Crippen LogP contribution in [-0.2, 0) is 12.8 Å². The number of aromatic amines is 1. The molecule has 0 unspecified atom stereocenters. The van der Waals surface area contributed by atoms with Crippen LogP contribution in [0.5, 0.6) is 0 Å². The minimum absolute atomic E-state index is 1.06. The number of aromatic nitrogens is 2. The molecule has 2 aromatic heterocycles. The van der Waals surface area contributed by atoms with Crippen LogP contribution in [-0.4, -0.2) is 9.97 Å². The zero-order valence-electron chi connectivity index (χ0n) is 9.86. The molecule has 2 nitrogen and oxygen atoms in total. The first-order chi connectivity index (χ1) is 8.83. The SMILES string of the molecule is Ic1ccc2[nH]cc(CCc3ccncc3)c2c1. The van der Waals surface area contributed by atoms with Gasteiger partial charge in [-0.1, -0.05) is 0 Å². The third-order valence-corrected chi connectivity index (χ3v) is 3.83. The Morgan fingerprint density at radius 3 is 2.72 bits per heavy atom. The average Bonchev–Trinajstić information content (AvgIpc) is 2.80. The second-order valence-electron chi connectivity index (χ2n) is 4.36. The summed E-state index contributed by atoms with van der Waals surface area (Å²) >= 11 is 2.36. The fraction of sp³-hybridized carbons (Fsp3) is 0.133. The first-order valence-corrected chi connectivity index (χ1v) is 7.05. The van der Waals surface area contributed by atoms with E-state index in [1.54, 1.807) is 0 Å². The van der Waals surface area contributed by atoms with E-state index in [4.69, 9.17) is 0 Å². The Morgan fingerprint density at radius 1 is 1.06 bits per heavy atom. The molecule has 0 fully saturated rings. The first kappa shape index (κ1) is 11.7. The molecule has 0 aliphatic heterocycles. The molecule has 0 spiro atoms. The number of fused-ring (bicyclic) bond motifs is 1. The van der Waals surface area contributed by atoms with Crippen molar-refractivity contribution in [3.05, 3.63) is 63.6 Å². The zero-order chi connectivity index (χ0) is 12.4. The highest BCUT2D eigenvalue weighted by Gasteiger charge is 2.04. The number of rotatable bonds is 3. The molecule has 0 radical (unpaired) electrons. The summed E-state index contributed by atoms with van der Waals surface area (Å²) in [6, 6.07) is 10.7. The van der Waals surface area contributed by atoms with Gasteiger partial charge in [-0.2, -0.15) is 0 Å². The van der Waals surface area contributed by atoms with Gasteiger partial charge in [-0.05, 0) is 76.9 Å². The van der Waals surface area contributed by atoms with Gasteiger partial charge in [0, 0.05) is 33.1 Å². The molecule has 0 saturated heterocycles. The topological polar surface area (TPSA) is 28.7 Å². The molecular weight excluding hydrogens is 335 g/mol. The van der Waals surface area contributed by atoms with E-state index in [9.17, 15) is 0 Å². The fourth-order valence-corrected chi connectivity index (χ4v) is 2.68. The van der Waals surface area contributed by atoms with E-state index < -0.39 is 0 Å². The van der Waals surface area contributed by atoms with Crippen LogP contribution in [0.2, 0.25) is 0 Å². The number of halogens is 1. The zero-order valence-corrected chi connectivity index (χ0v) is 12.0. The van der Waals surface area contributed by atoms with E-state index in [0.29, 0.717) is 0 Å². The molecule has 0 aliphatic carbocycles. The highest BCUT2D eigenvalue weighted by Crippen LogP contribution is 2.22. The monoisotopic (exact) mass is 348 g/mol. The van der Waals surface area contributed by atoms with Crippen molar-refractivity contribution >= 4 is 33.5 Å². The standard InChI is InChI=1S/C15H13IN2/c16-13-3-4-15-14(9-13)12(10-18-15)2-1-11-5-7-17-8-6-11/h3-10,18H,1-2H2. The summed E-state index contributed by atoms with van der Waals surface area (Å²) in [4.78, 5) is 7.38. The van der Waals surface area contributed by atoms with Gasteiger partial charge in [0.25, 0.3) is 0 Å². The molecule has 0 aliphatic rings. The van der Waals surface area contributed by atoms with E-state index in [1.165, 1.54) is 25.6 Å². The summed E-state index contributed by atoms with van der Waals surface area (Å²) in [7, 11) is 0. The quantitative estimate of drug-likeness (QED) is 0.714. The lowest BCUT2D eigenvalue weighted by Crippen LogP contribution is -1.90. The molecule has 3 aromatic rings. The van der Waals surface area contributed by atoms with Gasteiger partial charge in [-0.15, -0.1) is 0 Å². The molecule has 1 N–H and O–H groups in total. The van der Waals surface area contributed by atoms with E-state index in [1.807, 2.05) is 12.4 Å². The van der Waals surface area contributed by atoms with Crippen molar-refractivity contribution in [2.45, 2.75) is 12.8 Å². The van der Waals surface area contributed by atoms with Gasteiger partial charge in [-0.3, -0.25) is 4.98 Å². The van der Waals surface area contributed by atoms with Crippen molar-refractivity contribution in [2.75, 3.05) is 0 Å². The summed E-state index contributed by atoms with van der Waals surface area (Å²) in [6.07, 6.45) is 7.95. The molecule has 2 heterocycles. The second-order valence-corrected chi connectivity index (χ2v) is 5.60. The van der Waals surface area contributed by atoms with Crippen molar-refractivity contribution < 1.29 is 0 Å². The van der Waals surface area contributed by atoms with Crippen LogP contribution in [0, 0.1) is 3.57 Å². The van der Waals surface area contributed by atoms with Crippen LogP contribution in [0.15, 0.2) is 48.9 Å². The third-order valence-electron chi connectivity index (χ3n) is 3.16. The molecule has 1 aromatic carbocycles. The molecule has 0 amide bonds. The Balaban J connectivity index is 1.85. The Labute approximate surface area is 120 Å². The van der Waals surface area contributed by atoms with Crippen molar-refractivity contribution in [3.8, 4) is 0 Å². The summed E-state index contributed by atoms with van der Waals surface area (Å²) < 4.78 is 1.28. The van der Waals surface area contributed by atoms with Gasteiger partial charge in [0.05, 0.1) is 0 Å². The number of benzene rings is 1. The van der Waals surface area contributed by atoms with Crippen LogP contribution in [0.4, 0.5) is 0 Å². The van der Waals surface area contributed by atoms with Crippen LogP contribution in [0.3, 0.4) is 0 Å². The van der Waals surface area contributed by atoms with Crippen molar-refractivity contribution in [1.82, 2.24) is 9.97 Å². The summed E-state index contributed by atoms with van der Waals surface area (Å²) in [6.45, 7) is 0. The number of pyridine rings is 1. The lowest BCUT2D eigenvalue weighted by atomic mass is 10.0. The van der Waals surface area contributed by atoms with E-state index in [-0.39, 0.29) is 0 Å². The Morgan fingerprint density at radius 2 is 1.89 bits per heavy atom. The number of nitrogens with one attached hydrogen (secondary N) is 1. The summed E-state index contributed by atoms with van der Waals surface area (Å²) in [5.41, 5.74) is 3.95. The predicted molar refractivity (Wildman–Crippen MR) is 82.7 cm³/mol. The normalized spacial score (nSPS) is 10.9. The number of nitrogens with zero attached hydrogens (tertiary/aromatic N) is 1. The van der Waals surface area contributed by atoms with Crippen LogP contribution < -0.4 is 0 Å². The first-order valence-electron chi connectivity index (χ1n) is 5.97. The van der Waals surface area contributed by atoms with Crippen molar-refractivity contribution in [3.63, 3.8) is 0 Å². The van der Waals surface area contributed by atoms with Gasteiger partial charge in [0.15, 0.2) is 0 Å². The van der Waals surface area contributed by atoms with E-state index in [2.05, 4.69) is 69.1 Å². The number of aryl methyl sites for hydroxylation is 2. The average molecular weight is 348 g/mol. The largest absolute Gasteiger partial charge is 0.361 e. The number of hydrogen-bond donors (Lipinski definition) is 1. The molecule has 18 heavy (non-hydrogen) atoms. The predicted octanol–water partition coefficient (Wildman–Crippen LogP) is 3.95. The van der Waals surface area contributed by atoms with Gasteiger partial charge in [-0.25, -0.2) is 0 Å². The van der Waals surface area contributed by atoms with Crippen LogP contribution >= 0.6 is 22.6 Å². The Kier molecular flexibility index (Phi) is 3.32. The van der Waals surface area contributed by atoms with Crippen molar-refractivity contribution in [2.24, 2.45) is 0 Å². The Bertz CT molecular complexity index is 659. The molecule has 90 valence electrons. The lowest BCUT2D eigenvalue weighted by molar-refractivity contribution is 0.963. The van der Waals surface area contributed by atoms with Crippen LogP contribution in [0.1, 0.15) is 11.1 Å². The smallest absolute Gasteiger partial charge is 0.0457 e. The molecule has 3 heteroatoms. The van der Waals surface area contributed by atoms with Crippen LogP contribution in [0.25, 0.3) is 10.9 Å². The third kappa shape index (κ3) is 2.41. The van der Waals surface area contributed by atoms with Gasteiger partial charge < -0.3 is 4.98 Å². The van der Waals surface area contributed by atoms with Gasteiger partial charge in [0.1, 0.15) is 0 Å². The number of H-pyrrole nitrogens is 1. The Hall–Kier alpha value is -1.36. The van der Waals surface area contributed by atoms with Crippen molar-refractivity contribution in [1.29, 1.82) is 0 Å². The number of hydrogen-bond acceptors (Lipinski definition) is 1. The minimum Gasteiger partial charge on any atom is -0.361 e. The lowest BCUT2D eigenvalue weighted by Gasteiger charge is -2.00. The molecule has 0 bridgehead atoms. The maximum Gasteiger partial charge on any atom is 0.0457 e. The molecule has 0 saturated carbocycles. The van der Waals surface area contributed by atoms with E-state index >= 15 is 0 Å². The fourth-order valence-electron chi connectivity index (χ4n) is 2.19. The van der Waals surface area contributed by atoms with Gasteiger partial charge >= 0.3 is 0 Å². The maximum absolute atomic E-state index is 4.04. The van der Waals surface area contributed by atoms with Gasteiger partial charge in [0.2, 0.25) is 0 Å². The minimum atomic E-state index is 1.06. The second kappa shape index (κ2) is 5.10.